The second kappa shape index (κ2) is 11.7. The molecule has 0 spiro atoms. The Morgan fingerprint density at radius 3 is 2.48 bits per heavy atom. The molecular weight excluding hydrogens is 386 g/mol. The maximum absolute atomic E-state index is 6.12. The van der Waals surface area contributed by atoms with Crippen LogP contribution in [0.4, 0.5) is 5.69 Å². The summed E-state index contributed by atoms with van der Waals surface area (Å²) in [6.45, 7) is 8.10. The number of nitrogens with one attached hydrogen (secondary N) is 2. The van der Waals surface area contributed by atoms with E-state index >= 15 is 0 Å². The van der Waals surface area contributed by atoms with E-state index in [1.807, 2.05) is 42.3 Å². The molecule has 0 aliphatic carbocycles. The molecule has 0 unspecified atom stereocenters. The molecule has 1 aliphatic heterocycles. The standard InChI is InChI=1S/C21H32ClN7/c1-23-21(25-9-4-12-29-13-5-10-26-29)24-8-3-11-27-14-16-28(17-15-27)20-7-2-6-19(22)18-20/h2,5-7,10,13,18H,3-4,8-9,11-12,14-17H2,1H3,(H2,23,24,25). The first-order valence-corrected chi connectivity index (χ1v) is 10.8. The first kappa shape index (κ1) is 21.5. The van der Waals surface area contributed by atoms with Crippen LogP contribution in [0.5, 0.6) is 0 Å². The fourth-order valence-electron chi connectivity index (χ4n) is 3.51. The molecular formula is C21H32ClN7. The lowest BCUT2D eigenvalue weighted by Crippen LogP contribution is -2.47. The number of hydrogen-bond donors (Lipinski definition) is 2. The highest BCUT2D eigenvalue weighted by molar-refractivity contribution is 6.30. The number of nitrogens with zero attached hydrogens (tertiary/aromatic N) is 5. The van der Waals surface area contributed by atoms with Gasteiger partial charge in [-0.1, -0.05) is 17.7 Å². The van der Waals surface area contributed by atoms with Gasteiger partial charge in [-0.05, 0) is 43.7 Å². The van der Waals surface area contributed by atoms with Crippen molar-refractivity contribution in [3.05, 3.63) is 47.7 Å². The largest absolute Gasteiger partial charge is 0.369 e. The fourth-order valence-corrected chi connectivity index (χ4v) is 3.70. The van der Waals surface area contributed by atoms with Crippen molar-refractivity contribution in [2.24, 2.45) is 4.99 Å². The minimum Gasteiger partial charge on any atom is -0.369 e. The molecule has 0 amide bonds. The van der Waals surface area contributed by atoms with Gasteiger partial charge in [0.2, 0.25) is 0 Å². The van der Waals surface area contributed by atoms with E-state index in [0.717, 1.165) is 76.2 Å². The molecule has 0 atom stereocenters. The molecule has 0 bridgehead atoms. The zero-order valence-corrected chi connectivity index (χ0v) is 18.0. The molecule has 0 saturated carbocycles. The third-order valence-corrected chi connectivity index (χ3v) is 5.36. The number of guanidine groups is 1. The number of anilines is 1. The number of halogens is 1. The molecule has 2 aromatic rings. The smallest absolute Gasteiger partial charge is 0.190 e. The van der Waals surface area contributed by atoms with Gasteiger partial charge in [-0.2, -0.15) is 5.10 Å². The van der Waals surface area contributed by atoms with Gasteiger partial charge in [0.1, 0.15) is 0 Å². The predicted molar refractivity (Wildman–Crippen MR) is 121 cm³/mol. The van der Waals surface area contributed by atoms with Gasteiger partial charge in [-0.25, -0.2) is 0 Å². The number of hydrogen-bond acceptors (Lipinski definition) is 4. The minimum absolute atomic E-state index is 0.805. The summed E-state index contributed by atoms with van der Waals surface area (Å²) in [5.74, 6) is 0.872. The van der Waals surface area contributed by atoms with Crippen molar-refractivity contribution in [2.75, 3.05) is 57.8 Å². The topological polar surface area (TPSA) is 60.7 Å². The quantitative estimate of drug-likeness (QED) is 0.372. The van der Waals surface area contributed by atoms with Crippen LogP contribution in [0.2, 0.25) is 5.02 Å². The molecule has 2 heterocycles. The van der Waals surface area contributed by atoms with Crippen molar-refractivity contribution in [3.8, 4) is 0 Å². The van der Waals surface area contributed by atoms with E-state index in [4.69, 9.17) is 11.6 Å². The Labute approximate surface area is 178 Å². The Morgan fingerprint density at radius 1 is 1.07 bits per heavy atom. The Morgan fingerprint density at radius 2 is 1.83 bits per heavy atom. The number of benzene rings is 1. The molecule has 0 radical (unpaired) electrons. The predicted octanol–water partition coefficient (Wildman–Crippen LogP) is 2.30. The van der Waals surface area contributed by atoms with Crippen LogP contribution >= 0.6 is 11.6 Å². The lowest BCUT2D eigenvalue weighted by Gasteiger charge is -2.36. The maximum Gasteiger partial charge on any atom is 0.190 e. The van der Waals surface area contributed by atoms with Gasteiger partial charge in [0.25, 0.3) is 0 Å². The first-order chi connectivity index (χ1) is 14.2. The van der Waals surface area contributed by atoms with Crippen molar-refractivity contribution >= 4 is 23.2 Å². The van der Waals surface area contributed by atoms with Gasteiger partial charge in [0.15, 0.2) is 5.96 Å². The molecule has 1 saturated heterocycles. The molecule has 7 nitrogen and oxygen atoms in total. The van der Waals surface area contributed by atoms with Gasteiger partial charge >= 0.3 is 0 Å². The van der Waals surface area contributed by atoms with Gasteiger partial charge in [-0.3, -0.25) is 14.6 Å². The average molecular weight is 418 g/mol. The third kappa shape index (κ3) is 7.25. The second-order valence-corrected chi connectivity index (χ2v) is 7.65. The Hall–Kier alpha value is -2.25. The summed E-state index contributed by atoms with van der Waals surface area (Å²) in [6.07, 6.45) is 5.91. The summed E-state index contributed by atoms with van der Waals surface area (Å²) < 4.78 is 1.95. The minimum atomic E-state index is 0.805. The van der Waals surface area contributed by atoms with Crippen molar-refractivity contribution in [2.45, 2.75) is 19.4 Å². The van der Waals surface area contributed by atoms with Crippen LogP contribution in [0.3, 0.4) is 0 Å². The first-order valence-electron chi connectivity index (χ1n) is 10.4. The lowest BCUT2D eigenvalue weighted by molar-refractivity contribution is 0.255. The van der Waals surface area contributed by atoms with Gasteiger partial charge in [0.05, 0.1) is 0 Å². The van der Waals surface area contributed by atoms with Gasteiger partial charge < -0.3 is 15.5 Å². The molecule has 158 valence electrons. The summed E-state index contributed by atoms with van der Waals surface area (Å²) in [7, 11) is 1.82. The number of piperazine rings is 1. The fraction of sp³-hybridized carbons (Fsp3) is 0.524. The Balaban J connectivity index is 1.25. The van der Waals surface area contributed by atoms with Crippen molar-refractivity contribution in [3.63, 3.8) is 0 Å². The van der Waals surface area contributed by atoms with Gasteiger partial charge in [-0.15, -0.1) is 0 Å². The SMILES string of the molecule is CN=C(NCCCN1CCN(c2cccc(Cl)c2)CC1)NCCCn1cccn1. The zero-order valence-electron chi connectivity index (χ0n) is 17.2. The molecule has 1 aromatic heterocycles. The average Bonchev–Trinajstić information content (AvgIpc) is 3.26. The van der Waals surface area contributed by atoms with E-state index in [-0.39, 0.29) is 0 Å². The third-order valence-electron chi connectivity index (χ3n) is 5.13. The zero-order chi connectivity index (χ0) is 20.3. The highest BCUT2D eigenvalue weighted by Gasteiger charge is 2.16. The van der Waals surface area contributed by atoms with E-state index < -0.39 is 0 Å². The van der Waals surface area contributed by atoms with Crippen molar-refractivity contribution in [1.82, 2.24) is 25.3 Å². The van der Waals surface area contributed by atoms with Crippen molar-refractivity contribution in [1.29, 1.82) is 0 Å². The van der Waals surface area contributed by atoms with Crippen LogP contribution in [-0.4, -0.2) is 73.5 Å². The van der Waals surface area contributed by atoms with E-state index in [1.54, 1.807) is 0 Å². The highest BCUT2D eigenvalue weighted by Crippen LogP contribution is 2.20. The molecule has 8 heteroatoms. The molecule has 29 heavy (non-hydrogen) atoms. The van der Waals surface area contributed by atoms with Crippen LogP contribution < -0.4 is 15.5 Å². The van der Waals surface area contributed by atoms with Gasteiger partial charge in [0, 0.05) is 76.0 Å². The number of aromatic nitrogens is 2. The van der Waals surface area contributed by atoms with Crippen LogP contribution in [0.15, 0.2) is 47.7 Å². The van der Waals surface area contributed by atoms with Crippen LogP contribution in [0.1, 0.15) is 12.8 Å². The summed E-state index contributed by atoms with van der Waals surface area (Å²) in [5.41, 5.74) is 1.22. The number of aryl methyl sites for hydroxylation is 1. The van der Waals surface area contributed by atoms with Crippen LogP contribution in [0.25, 0.3) is 0 Å². The summed E-state index contributed by atoms with van der Waals surface area (Å²) in [6, 6.07) is 10.1. The summed E-state index contributed by atoms with van der Waals surface area (Å²) in [4.78, 5) is 9.24. The molecule has 3 rings (SSSR count). The monoisotopic (exact) mass is 417 g/mol. The van der Waals surface area contributed by atoms with E-state index in [0.29, 0.717) is 0 Å². The van der Waals surface area contributed by atoms with Crippen LogP contribution in [-0.2, 0) is 6.54 Å². The molecule has 1 aromatic carbocycles. The Bertz CT molecular complexity index is 739. The number of aliphatic imine (C=N–C) groups is 1. The van der Waals surface area contributed by atoms with E-state index in [2.05, 4.69) is 42.7 Å². The number of rotatable bonds is 9. The normalized spacial score (nSPS) is 15.5. The van der Waals surface area contributed by atoms with E-state index in [9.17, 15) is 0 Å². The van der Waals surface area contributed by atoms with Crippen molar-refractivity contribution < 1.29 is 0 Å². The molecule has 2 N–H and O–H groups in total. The summed E-state index contributed by atoms with van der Waals surface area (Å²) in [5, 5.41) is 11.8. The molecule has 1 fully saturated rings. The highest BCUT2D eigenvalue weighted by atomic mass is 35.5. The van der Waals surface area contributed by atoms with Crippen LogP contribution in [0, 0.1) is 0 Å². The maximum atomic E-state index is 6.12. The second-order valence-electron chi connectivity index (χ2n) is 7.21. The molecule has 1 aliphatic rings. The van der Waals surface area contributed by atoms with E-state index in [1.165, 1.54) is 5.69 Å². The lowest BCUT2D eigenvalue weighted by atomic mass is 10.2. The Kier molecular flexibility index (Phi) is 8.64. The summed E-state index contributed by atoms with van der Waals surface area (Å²) >= 11 is 6.12.